The van der Waals surface area contributed by atoms with Crippen molar-refractivity contribution < 1.29 is 19.0 Å². The number of hydrogen-bond donors (Lipinski definition) is 1. The molecule has 6 nitrogen and oxygen atoms in total. The molecule has 132 valence electrons. The number of rotatable bonds is 9. The Kier molecular flexibility index (Phi) is 9.64. The van der Waals surface area contributed by atoms with Crippen LogP contribution in [-0.2, 0) is 14.2 Å². The molecule has 0 heterocycles. The molecule has 6 heteroatoms. The van der Waals surface area contributed by atoms with Crippen molar-refractivity contribution in [3.05, 3.63) is 0 Å². The van der Waals surface area contributed by atoms with Gasteiger partial charge >= 0.3 is 6.09 Å². The van der Waals surface area contributed by atoms with Crippen molar-refractivity contribution in [2.75, 3.05) is 46.6 Å². The summed E-state index contributed by atoms with van der Waals surface area (Å²) in [6.07, 6.45) is -0.279. The lowest BCUT2D eigenvalue weighted by molar-refractivity contribution is 0.00648. The number of amides is 1. The first kappa shape index (κ1) is 21.1. The van der Waals surface area contributed by atoms with Gasteiger partial charge in [0, 0.05) is 32.3 Å². The monoisotopic (exact) mass is 318 g/mol. The standard InChI is InChI=1S/C16H34N2O4/c1-15(2,3)18(14(19)22-16(4,5)6)10-8-17-9-11-21-13-12-20-7/h17H,8-13H2,1-7H3. The van der Waals surface area contributed by atoms with E-state index in [0.29, 0.717) is 32.9 Å². The van der Waals surface area contributed by atoms with Crippen molar-refractivity contribution in [1.82, 2.24) is 10.2 Å². The fourth-order valence-electron chi connectivity index (χ4n) is 1.72. The van der Waals surface area contributed by atoms with Crippen LogP contribution in [-0.4, -0.2) is 68.7 Å². The lowest BCUT2D eigenvalue weighted by Crippen LogP contribution is -2.50. The minimum atomic E-state index is -0.483. The first-order valence-electron chi connectivity index (χ1n) is 7.86. The third-order valence-electron chi connectivity index (χ3n) is 2.79. The Morgan fingerprint density at radius 1 is 1.00 bits per heavy atom. The molecule has 0 aromatic rings. The van der Waals surface area contributed by atoms with Gasteiger partial charge in [-0.1, -0.05) is 0 Å². The molecule has 0 rings (SSSR count). The summed E-state index contributed by atoms with van der Waals surface area (Å²) in [4.78, 5) is 14.0. The molecule has 1 N–H and O–H groups in total. The van der Waals surface area contributed by atoms with Crippen LogP contribution in [0, 0.1) is 0 Å². The molecule has 0 spiro atoms. The van der Waals surface area contributed by atoms with Crippen LogP contribution in [0.25, 0.3) is 0 Å². The van der Waals surface area contributed by atoms with Crippen LogP contribution >= 0.6 is 0 Å². The first-order valence-corrected chi connectivity index (χ1v) is 7.86. The van der Waals surface area contributed by atoms with Crippen LogP contribution in [0.5, 0.6) is 0 Å². The summed E-state index contributed by atoms with van der Waals surface area (Å²) in [5.74, 6) is 0. The van der Waals surface area contributed by atoms with Gasteiger partial charge in [-0.15, -0.1) is 0 Å². The van der Waals surface area contributed by atoms with Gasteiger partial charge in [-0.3, -0.25) is 0 Å². The smallest absolute Gasteiger partial charge is 0.410 e. The van der Waals surface area contributed by atoms with Gasteiger partial charge in [0.1, 0.15) is 5.60 Å². The molecule has 0 unspecified atom stereocenters. The molecule has 0 bridgehead atoms. The second-order valence-corrected chi connectivity index (χ2v) is 7.16. The Morgan fingerprint density at radius 3 is 2.14 bits per heavy atom. The average Bonchev–Trinajstić information content (AvgIpc) is 2.33. The highest BCUT2D eigenvalue weighted by atomic mass is 16.6. The average molecular weight is 318 g/mol. The van der Waals surface area contributed by atoms with E-state index in [1.807, 2.05) is 41.5 Å². The molecule has 0 aliphatic rings. The molecule has 0 radical (unpaired) electrons. The summed E-state index contributed by atoms with van der Waals surface area (Å²) < 4.78 is 15.7. The fraction of sp³-hybridized carbons (Fsp3) is 0.938. The van der Waals surface area contributed by atoms with Crippen LogP contribution in [0.2, 0.25) is 0 Å². The largest absolute Gasteiger partial charge is 0.444 e. The zero-order chi connectivity index (χ0) is 17.2. The maximum absolute atomic E-state index is 12.3. The Morgan fingerprint density at radius 2 is 1.64 bits per heavy atom. The van der Waals surface area contributed by atoms with E-state index in [-0.39, 0.29) is 11.6 Å². The minimum Gasteiger partial charge on any atom is -0.444 e. The van der Waals surface area contributed by atoms with Crippen molar-refractivity contribution in [1.29, 1.82) is 0 Å². The highest BCUT2D eigenvalue weighted by Crippen LogP contribution is 2.17. The Labute approximate surface area is 135 Å². The topological polar surface area (TPSA) is 60.0 Å². The van der Waals surface area contributed by atoms with E-state index >= 15 is 0 Å². The van der Waals surface area contributed by atoms with Gasteiger partial charge in [0.05, 0.1) is 19.8 Å². The SMILES string of the molecule is COCCOCCNCCN(C(=O)OC(C)(C)C)C(C)(C)C. The van der Waals surface area contributed by atoms with E-state index in [0.717, 1.165) is 6.54 Å². The number of hydrogen-bond acceptors (Lipinski definition) is 5. The Balaban J connectivity index is 4.10. The van der Waals surface area contributed by atoms with Crippen molar-refractivity contribution in [2.45, 2.75) is 52.7 Å². The van der Waals surface area contributed by atoms with E-state index in [1.54, 1.807) is 12.0 Å². The molecular weight excluding hydrogens is 284 g/mol. The van der Waals surface area contributed by atoms with Gasteiger partial charge < -0.3 is 24.4 Å². The predicted octanol–water partition coefficient (Wildman–Crippen LogP) is 2.27. The van der Waals surface area contributed by atoms with Crippen LogP contribution in [0.1, 0.15) is 41.5 Å². The van der Waals surface area contributed by atoms with Crippen molar-refractivity contribution in [3.8, 4) is 0 Å². The van der Waals surface area contributed by atoms with Crippen LogP contribution in [0.15, 0.2) is 0 Å². The van der Waals surface area contributed by atoms with Gasteiger partial charge in [-0.2, -0.15) is 0 Å². The number of ether oxygens (including phenoxy) is 3. The summed E-state index contributed by atoms with van der Waals surface area (Å²) in [5, 5.41) is 3.27. The Hall–Kier alpha value is -0.850. The van der Waals surface area contributed by atoms with Crippen molar-refractivity contribution in [3.63, 3.8) is 0 Å². The quantitative estimate of drug-likeness (QED) is 0.661. The van der Waals surface area contributed by atoms with Crippen molar-refractivity contribution >= 4 is 6.09 Å². The summed E-state index contributed by atoms with van der Waals surface area (Å²) in [7, 11) is 1.65. The van der Waals surface area contributed by atoms with E-state index < -0.39 is 5.60 Å². The first-order chi connectivity index (χ1) is 10.1. The van der Waals surface area contributed by atoms with Crippen LogP contribution in [0.3, 0.4) is 0 Å². The third kappa shape index (κ3) is 10.8. The number of carbonyl (C=O) groups is 1. The lowest BCUT2D eigenvalue weighted by atomic mass is 10.1. The van der Waals surface area contributed by atoms with Gasteiger partial charge in [-0.25, -0.2) is 4.79 Å². The predicted molar refractivity (Wildman–Crippen MR) is 88.3 cm³/mol. The summed E-state index contributed by atoms with van der Waals surface area (Å²) in [6.45, 7) is 15.5. The number of nitrogens with one attached hydrogen (secondary N) is 1. The molecule has 22 heavy (non-hydrogen) atoms. The number of methoxy groups -OCH3 is 1. The van der Waals surface area contributed by atoms with Gasteiger partial charge in [0.2, 0.25) is 0 Å². The molecule has 0 saturated carbocycles. The highest BCUT2D eigenvalue weighted by Gasteiger charge is 2.30. The fourth-order valence-corrected chi connectivity index (χ4v) is 1.72. The molecule has 1 amide bonds. The molecule has 0 fully saturated rings. The Bertz CT molecular complexity index is 308. The van der Waals surface area contributed by atoms with Gasteiger partial charge in [0.25, 0.3) is 0 Å². The number of nitrogens with zero attached hydrogens (tertiary/aromatic N) is 1. The van der Waals surface area contributed by atoms with Gasteiger partial charge in [0.15, 0.2) is 0 Å². The maximum atomic E-state index is 12.3. The summed E-state index contributed by atoms with van der Waals surface area (Å²) in [6, 6.07) is 0. The van der Waals surface area contributed by atoms with E-state index in [4.69, 9.17) is 14.2 Å². The van der Waals surface area contributed by atoms with E-state index in [9.17, 15) is 4.79 Å². The lowest BCUT2D eigenvalue weighted by Gasteiger charge is -2.36. The highest BCUT2D eigenvalue weighted by molar-refractivity contribution is 5.69. The minimum absolute atomic E-state index is 0.279. The second kappa shape index (κ2) is 10.0. The third-order valence-corrected chi connectivity index (χ3v) is 2.79. The van der Waals surface area contributed by atoms with Crippen LogP contribution < -0.4 is 5.32 Å². The molecule has 0 saturated heterocycles. The number of carbonyl (C=O) groups excluding carboxylic acids is 1. The molecule has 0 aliphatic heterocycles. The normalized spacial score (nSPS) is 12.3. The maximum Gasteiger partial charge on any atom is 0.410 e. The molecule has 0 aromatic heterocycles. The van der Waals surface area contributed by atoms with Crippen LogP contribution in [0.4, 0.5) is 4.79 Å². The molecule has 0 atom stereocenters. The van der Waals surface area contributed by atoms with Crippen molar-refractivity contribution in [2.24, 2.45) is 0 Å². The van der Waals surface area contributed by atoms with E-state index in [2.05, 4.69) is 5.32 Å². The molecule has 0 aromatic carbocycles. The molecule has 0 aliphatic carbocycles. The molecular formula is C16H34N2O4. The van der Waals surface area contributed by atoms with Gasteiger partial charge in [-0.05, 0) is 41.5 Å². The summed E-state index contributed by atoms with van der Waals surface area (Å²) in [5.41, 5.74) is -0.762. The zero-order valence-corrected chi connectivity index (χ0v) is 15.3. The second-order valence-electron chi connectivity index (χ2n) is 7.16. The summed E-state index contributed by atoms with van der Waals surface area (Å²) >= 11 is 0. The zero-order valence-electron chi connectivity index (χ0n) is 15.3. The van der Waals surface area contributed by atoms with E-state index in [1.165, 1.54) is 0 Å².